The summed E-state index contributed by atoms with van der Waals surface area (Å²) in [6.45, 7) is 2.85. The maximum atomic E-state index is 11.6. The third-order valence-electron chi connectivity index (χ3n) is 3.10. The third kappa shape index (κ3) is 2.85. The first-order valence-electron chi connectivity index (χ1n) is 5.69. The summed E-state index contributed by atoms with van der Waals surface area (Å²) in [5.41, 5.74) is 1.24. The van der Waals surface area contributed by atoms with Gasteiger partial charge in [0.25, 0.3) is 0 Å². The minimum Gasteiger partial charge on any atom is -0.356 e. The Labute approximate surface area is 105 Å². The lowest BCUT2D eigenvalue weighted by Gasteiger charge is -2.06. The molecule has 1 aromatic rings. The standard InChI is InChI=1S/C13H16BrNO/c1-9-8-11(9)13(16)15-7-6-10-4-2-3-5-12(10)14/h2-5,9,11H,6-8H2,1H3,(H,15,16)/t9-,11+/m1/s1. The molecule has 3 heteroatoms. The Balaban J connectivity index is 1.76. The van der Waals surface area contributed by atoms with Crippen LogP contribution in [0, 0.1) is 11.8 Å². The molecule has 0 radical (unpaired) electrons. The maximum absolute atomic E-state index is 11.6. The third-order valence-corrected chi connectivity index (χ3v) is 3.87. The summed E-state index contributed by atoms with van der Waals surface area (Å²) in [5.74, 6) is 1.09. The zero-order chi connectivity index (χ0) is 11.5. The van der Waals surface area contributed by atoms with Crippen LogP contribution in [0.2, 0.25) is 0 Å². The second-order valence-corrected chi connectivity index (χ2v) is 5.31. The molecule has 0 heterocycles. The van der Waals surface area contributed by atoms with Gasteiger partial charge in [-0.2, -0.15) is 0 Å². The molecule has 16 heavy (non-hydrogen) atoms. The van der Waals surface area contributed by atoms with Crippen molar-refractivity contribution in [1.29, 1.82) is 0 Å². The normalized spacial score (nSPS) is 22.9. The van der Waals surface area contributed by atoms with Crippen molar-refractivity contribution >= 4 is 21.8 Å². The van der Waals surface area contributed by atoms with Gasteiger partial charge in [0.2, 0.25) is 5.91 Å². The van der Waals surface area contributed by atoms with Gasteiger partial charge in [-0.15, -0.1) is 0 Å². The number of nitrogens with one attached hydrogen (secondary N) is 1. The van der Waals surface area contributed by atoms with Gasteiger partial charge in [0.1, 0.15) is 0 Å². The van der Waals surface area contributed by atoms with Crippen LogP contribution in [0.25, 0.3) is 0 Å². The summed E-state index contributed by atoms with van der Waals surface area (Å²) in [6, 6.07) is 8.12. The minimum atomic E-state index is 0.222. The van der Waals surface area contributed by atoms with E-state index in [1.165, 1.54) is 5.56 Å². The molecular formula is C13H16BrNO. The van der Waals surface area contributed by atoms with Crippen molar-refractivity contribution in [2.75, 3.05) is 6.54 Å². The molecule has 0 spiro atoms. The van der Waals surface area contributed by atoms with E-state index in [9.17, 15) is 4.79 Å². The number of amides is 1. The van der Waals surface area contributed by atoms with Crippen LogP contribution in [-0.4, -0.2) is 12.5 Å². The zero-order valence-corrected chi connectivity index (χ0v) is 11.0. The van der Waals surface area contributed by atoms with Crippen LogP contribution in [0.3, 0.4) is 0 Å². The smallest absolute Gasteiger partial charge is 0.223 e. The molecule has 2 rings (SSSR count). The Hall–Kier alpha value is -0.830. The topological polar surface area (TPSA) is 29.1 Å². The Morgan fingerprint density at radius 1 is 1.50 bits per heavy atom. The van der Waals surface area contributed by atoms with Crippen molar-refractivity contribution in [3.8, 4) is 0 Å². The number of halogens is 1. The van der Waals surface area contributed by atoms with Crippen LogP contribution >= 0.6 is 15.9 Å². The van der Waals surface area contributed by atoms with Gasteiger partial charge in [0.15, 0.2) is 0 Å². The van der Waals surface area contributed by atoms with Crippen LogP contribution in [0.15, 0.2) is 28.7 Å². The molecule has 0 unspecified atom stereocenters. The average Bonchev–Trinajstić information content (AvgIpc) is 2.98. The highest BCUT2D eigenvalue weighted by molar-refractivity contribution is 9.10. The Morgan fingerprint density at radius 2 is 2.19 bits per heavy atom. The van der Waals surface area contributed by atoms with E-state index in [-0.39, 0.29) is 11.8 Å². The highest BCUT2D eigenvalue weighted by Gasteiger charge is 2.38. The molecule has 1 fully saturated rings. The lowest BCUT2D eigenvalue weighted by Crippen LogP contribution is -2.27. The van der Waals surface area contributed by atoms with Crippen molar-refractivity contribution in [1.82, 2.24) is 5.32 Å². The molecule has 0 bridgehead atoms. The average molecular weight is 282 g/mol. The van der Waals surface area contributed by atoms with Gasteiger partial charge in [-0.25, -0.2) is 0 Å². The molecule has 86 valence electrons. The van der Waals surface area contributed by atoms with E-state index >= 15 is 0 Å². The van der Waals surface area contributed by atoms with Gasteiger partial charge < -0.3 is 5.32 Å². The largest absolute Gasteiger partial charge is 0.356 e. The fraction of sp³-hybridized carbons (Fsp3) is 0.462. The summed E-state index contributed by atoms with van der Waals surface area (Å²) in [7, 11) is 0. The number of hydrogen-bond acceptors (Lipinski definition) is 1. The van der Waals surface area contributed by atoms with Gasteiger partial charge in [0.05, 0.1) is 0 Å². The van der Waals surface area contributed by atoms with E-state index in [1.54, 1.807) is 0 Å². The quantitative estimate of drug-likeness (QED) is 0.904. The first kappa shape index (κ1) is 11.6. The molecule has 1 aliphatic carbocycles. The number of rotatable bonds is 4. The van der Waals surface area contributed by atoms with Gasteiger partial charge in [0, 0.05) is 16.9 Å². The van der Waals surface area contributed by atoms with E-state index in [0.29, 0.717) is 5.92 Å². The first-order valence-corrected chi connectivity index (χ1v) is 6.49. The van der Waals surface area contributed by atoms with Crippen LogP contribution in [0.1, 0.15) is 18.9 Å². The van der Waals surface area contributed by atoms with E-state index in [1.807, 2.05) is 18.2 Å². The lowest BCUT2D eigenvalue weighted by molar-refractivity contribution is -0.122. The number of carbonyl (C=O) groups is 1. The second kappa shape index (κ2) is 5.00. The Morgan fingerprint density at radius 3 is 2.81 bits per heavy atom. The second-order valence-electron chi connectivity index (χ2n) is 4.45. The summed E-state index contributed by atoms with van der Waals surface area (Å²) in [5, 5.41) is 2.99. The molecule has 1 aromatic carbocycles. The SMILES string of the molecule is C[C@@H]1C[C@@H]1C(=O)NCCc1ccccc1Br. The maximum Gasteiger partial charge on any atom is 0.223 e. The van der Waals surface area contributed by atoms with Crippen LogP contribution < -0.4 is 5.32 Å². The predicted octanol–water partition coefficient (Wildman–Crippen LogP) is 2.76. The Kier molecular flexibility index (Phi) is 3.64. The van der Waals surface area contributed by atoms with Crippen molar-refractivity contribution in [2.24, 2.45) is 11.8 Å². The number of hydrogen-bond donors (Lipinski definition) is 1. The summed E-state index contributed by atoms with van der Waals surface area (Å²) in [6.07, 6.45) is 1.94. The van der Waals surface area contributed by atoms with Crippen LogP contribution in [0.4, 0.5) is 0 Å². The van der Waals surface area contributed by atoms with Gasteiger partial charge >= 0.3 is 0 Å². The predicted molar refractivity (Wildman–Crippen MR) is 68.1 cm³/mol. The molecule has 0 aromatic heterocycles. The Bertz CT molecular complexity index is 391. The lowest BCUT2D eigenvalue weighted by atomic mass is 10.1. The minimum absolute atomic E-state index is 0.222. The summed E-state index contributed by atoms with van der Waals surface area (Å²) >= 11 is 3.50. The highest BCUT2D eigenvalue weighted by atomic mass is 79.9. The number of carbonyl (C=O) groups excluding carboxylic acids is 1. The van der Waals surface area contributed by atoms with Gasteiger partial charge in [-0.1, -0.05) is 41.1 Å². The molecule has 1 aliphatic rings. The molecule has 2 atom stereocenters. The molecule has 1 amide bonds. The monoisotopic (exact) mass is 281 g/mol. The fourth-order valence-corrected chi connectivity index (χ4v) is 2.32. The molecule has 2 nitrogen and oxygen atoms in total. The van der Waals surface area contributed by atoms with E-state index in [0.717, 1.165) is 23.9 Å². The van der Waals surface area contributed by atoms with Crippen molar-refractivity contribution in [2.45, 2.75) is 19.8 Å². The molecule has 1 N–H and O–H groups in total. The number of benzene rings is 1. The molecule has 0 aliphatic heterocycles. The fourth-order valence-electron chi connectivity index (χ4n) is 1.84. The molecule has 1 saturated carbocycles. The summed E-state index contributed by atoms with van der Waals surface area (Å²) < 4.78 is 1.11. The van der Waals surface area contributed by atoms with Gasteiger partial charge in [-0.3, -0.25) is 4.79 Å². The van der Waals surface area contributed by atoms with E-state index in [2.05, 4.69) is 34.2 Å². The zero-order valence-electron chi connectivity index (χ0n) is 9.37. The molecule has 0 saturated heterocycles. The van der Waals surface area contributed by atoms with Crippen LogP contribution in [-0.2, 0) is 11.2 Å². The first-order chi connectivity index (χ1) is 7.68. The van der Waals surface area contributed by atoms with Crippen molar-refractivity contribution in [3.63, 3.8) is 0 Å². The van der Waals surface area contributed by atoms with Crippen LogP contribution in [0.5, 0.6) is 0 Å². The molecular weight excluding hydrogens is 266 g/mol. The van der Waals surface area contributed by atoms with Gasteiger partial charge in [-0.05, 0) is 30.4 Å². The van der Waals surface area contributed by atoms with Crippen molar-refractivity contribution in [3.05, 3.63) is 34.3 Å². The van der Waals surface area contributed by atoms with E-state index < -0.39 is 0 Å². The van der Waals surface area contributed by atoms with Crippen molar-refractivity contribution < 1.29 is 4.79 Å². The summed E-state index contributed by atoms with van der Waals surface area (Å²) in [4.78, 5) is 11.6. The van der Waals surface area contributed by atoms with E-state index in [4.69, 9.17) is 0 Å². The highest BCUT2D eigenvalue weighted by Crippen LogP contribution is 2.37.